The zero-order valence-electron chi connectivity index (χ0n) is 7.60. The van der Waals surface area contributed by atoms with Gasteiger partial charge in [0, 0.05) is 17.4 Å². The molecule has 2 aromatic rings. The fraction of sp³-hybridized carbons (Fsp3) is 0.0833. The van der Waals surface area contributed by atoms with E-state index in [-0.39, 0.29) is 12.2 Å². The number of fused-ring (bicyclic) bond motifs is 1. The van der Waals surface area contributed by atoms with Gasteiger partial charge in [-0.05, 0) is 5.39 Å². The summed E-state index contributed by atoms with van der Waals surface area (Å²) in [6.07, 6.45) is 1.06. The maximum Gasteiger partial charge on any atom is 0.127 e. The van der Waals surface area contributed by atoms with E-state index in [0.717, 1.165) is 17.1 Å². The van der Waals surface area contributed by atoms with Crippen molar-refractivity contribution in [2.75, 3.05) is 0 Å². The van der Waals surface area contributed by atoms with Gasteiger partial charge in [-0.1, -0.05) is 36.4 Å². The van der Waals surface area contributed by atoms with Crippen molar-refractivity contribution in [1.29, 1.82) is 0 Å². The summed E-state index contributed by atoms with van der Waals surface area (Å²) in [6, 6.07) is 11.3. The van der Waals surface area contributed by atoms with Gasteiger partial charge >= 0.3 is 0 Å². The second kappa shape index (κ2) is 3.50. The van der Waals surface area contributed by atoms with Crippen LogP contribution in [0.25, 0.3) is 10.8 Å². The third kappa shape index (κ3) is 1.35. The van der Waals surface area contributed by atoms with Gasteiger partial charge in [0.2, 0.25) is 0 Å². The first-order chi connectivity index (χ1) is 6.83. The van der Waals surface area contributed by atoms with Gasteiger partial charge in [-0.15, -0.1) is 0 Å². The third-order valence-corrected chi connectivity index (χ3v) is 2.29. The van der Waals surface area contributed by atoms with Gasteiger partial charge in [0.05, 0.1) is 0 Å². The van der Waals surface area contributed by atoms with E-state index in [1.165, 1.54) is 0 Å². The van der Waals surface area contributed by atoms with Gasteiger partial charge in [-0.25, -0.2) is 0 Å². The number of phenols is 1. The second-order valence-electron chi connectivity index (χ2n) is 3.17. The minimum absolute atomic E-state index is 0.218. The van der Waals surface area contributed by atoms with Crippen molar-refractivity contribution in [2.45, 2.75) is 6.42 Å². The number of hydrogen-bond donors (Lipinski definition) is 1. The lowest BCUT2D eigenvalue weighted by molar-refractivity contribution is -0.107. The molecular weight excluding hydrogens is 176 g/mol. The number of carbonyl (C=O) groups is 1. The SMILES string of the molecule is O=CCc1ccc2ccccc2c1O. The molecule has 2 aromatic carbocycles. The minimum Gasteiger partial charge on any atom is -0.507 e. The van der Waals surface area contributed by atoms with E-state index < -0.39 is 0 Å². The number of phenolic OH excluding ortho intramolecular Hbond substituents is 1. The molecule has 0 aliphatic carbocycles. The Hall–Kier alpha value is -1.83. The first-order valence-corrected chi connectivity index (χ1v) is 4.46. The van der Waals surface area contributed by atoms with Gasteiger partial charge < -0.3 is 9.90 Å². The van der Waals surface area contributed by atoms with Gasteiger partial charge in [0.25, 0.3) is 0 Å². The number of benzene rings is 2. The van der Waals surface area contributed by atoms with Crippen LogP contribution in [0.4, 0.5) is 0 Å². The molecule has 0 radical (unpaired) electrons. The summed E-state index contributed by atoms with van der Waals surface area (Å²) in [4.78, 5) is 10.4. The quantitative estimate of drug-likeness (QED) is 0.730. The molecule has 0 spiro atoms. The summed E-state index contributed by atoms with van der Waals surface area (Å²) in [6.45, 7) is 0. The maximum atomic E-state index is 10.4. The van der Waals surface area contributed by atoms with Crippen molar-refractivity contribution in [2.24, 2.45) is 0 Å². The van der Waals surface area contributed by atoms with Gasteiger partial charge in [0.1, 0.15) is 12.0 Å². The normalized spacial score (nSPS) is 10.3. The average Bonchev–Trinajstić information content (AvgIpc) is 2.23. The van der Waals surface area contributed by atoms with E-state index >= 15 is 0 Å². The molecule has 2 rings (SSSR count). The molecule has 0 aliphatic rings. The molecule has 0 bridgehead atoms. The summed E-state index contributed by atoms with van der Waals surface area (Å²) in [5.41, 5.74) is 0.679. The molecule has 0 heterocycles. The molecule has 0 fully saturated rings. The first-order valence-electron chi connectivity index (χ1n) is 4.46. The van der Waals surface area contributed by atoms with Crippen LogP contribution in [0.2, 0.25) is 0 Å². The predicted octanol–water partition coefficient (Wildman–Crippen LogP) is 2.29. The van der Waals surface area contributed by atoms with Gasteiger partial charge in [-0.3, -0.25) is 0 Å². The van der Waals surface area contributed by atoms with E-state index in [1.807, 2.05) is 30.3 Å². The molecule has 0 amide bonds. The highest BCUT2D eigenvalue weighted by Gasteiger charge is 2.04. The van der Waals surface area contributed by atoms with Crippen LogP contribution in [0.5, 0.6) is 5.75 Å². The van der Waals surface area contributed by atoms with Crippen molar-refractivity contribution >= 4 is 17.1 Å². The van der Waals surface area contributed by atoms with Crippen LogP contribution >= 0.6 is 0 Å². The van der Waals surface area contributed by atoms with Crippen LogP contribution in [0.1, 0.15) is 5.56 Å². The molecule has 0 unspecified atom stereocenters. The van der Waals surface area contributed by atoms with Crippen LogP contribution in [0, 0.1) is 0 Å². The third-order valence-electron chi connectivity index (χ3n) is 2.29. The highest BCUT2D eigenvalue weighted by atomic mass is 16.3. The Bertz CT molecular complexity index is 475. The standard InChI is InChI=1S/C12H10O2/c13-8-7-10-6-5-9-3-1-2-4-11(9)12(10)14/h1-6,8,14H,7H2. The molecule has 70 valence electrons. The van der Waals surface area contributed by atoms with Crippen LogP contribution in [0.3, 0.4) is 0 Å². The van der Waals surface area contributed by atoms with Crippen LogP contribution in [-0.4, -0.2) is 11.4 Å². The van der Waals surface area contributed by atoms with Crippen LogP contribution in [-0.2, 0) is 11.2 Å². The summed E-state index contributed by atoms with van der Waals surface area (Å²) in [7, 11) is 0. The molecule has 2 nitrogen and oxygen atoms in total. The van der Waals surface area contributed by atoms with E-state index in [2.05, 4.69) is 0 Å². The lowest BCUT2D eigenvalue weighted by Gasteiger charge is -2.04. The Morgan fingerprint density at radius 2 is 1.93 bits per heavy atom. The lowest BCUT2D eigenvalue weighted by Crippen LogP contribution is -1.87. The maximum absolute atomic E-state index is 10.4. The van der Waals surface area contributed by atoms with E-state index in [4.69, 9.17) is 0 Å². The highest BCUT2D eigenvalue weighted by Crippen LogP contribution is 2.28. The number of aromatic hydroxyl groups is 1. The van der Waals surface area contributed by atoms with Gasteiger partial charge in [-0.2, -0.15) is 0 Å². The van der Waals surface area contributed by atoms with E-state index in [9.17, 15) is 9.90 Å². The molecule has 0 saturated heterocycles. The topological polar surface area (TPSA) is 37.3 Å². The van der Waals surface area contributed by atoms with Crippen molar-refractivity contribution in [1.82, 2.24) is 0 Å². The zero-order chi connectivity index (χ0) is 9.97. The Balaban J connectivity index is 2.68. The highest BCUT2D eigenvalue weighted by molar-refractivity contribution is 5.89. The van der Waals surface area contributed by atoms with Crippen LogP contribution < -0.4 is 0 Å². The Morgan fingerprint density at radius 3 is 2.71 bits per heavy atom. The monoisotopic (exact) mass is 186 g/mol. The molecule has 0 aromatic heterocycles. The fourth-order valence-corrected chi connectivity index (χ4v) is 1.55. The predicted molar refractivity (Wildman–Crippen MR) is 55.4 cm³/mol. The first kappa shape index (κ1) is 8.75. The van der Waals surface area contributed by atoms with E-state index in [0.29, 0.717) is 5.56 Å². The van der Waals surface area contributed by atoms with Crippen molar-refractivity contribution in [3.05, 3.63) is 42.0 Å². The largest absolute Gasteiger partial charge is 0.507 e. The van der Waals surface area contributed by atoms with Crippen molar-refractivity contribution < 1.29 is 9.90 Å². The number of aldehydes is 1. The smallest absolute Gasteiger partial charge is 0.127 e. The Morgan fingerprint density at radius 1 is 1.14 bits per heavy atom. The summed E-state index contributed by atoms with van der Waals surface area (Å²) < 4.78 is 0. The number of carbonyl (C=O) groups excluding carboxylic acids is 1. The molecule has 14 heavy (non-hydrogen) atoms. The summed E-state index contributed by atoms with van der Waals surface area (Å²) in [5.74, 6) is 0.218. The second-order valence-corrected chi connectivity index (χ2v) is 3.17. The van der Waals surface area contributed by atoms with Crippen molar-refractivity contribution in [3.63, 3.8) is 0 Å². The molecule has 1 N–H and O–H groups in total. The van der Waals surface area contributed by atoms with Crippen LogP contribution in [0.15, 0.2) is 36.4 Å². The number of hydrogen-bond acceptors (Lipinski definition) is 2. The summed E-state index contributed by atoms with van der Waals surface area (Å²) >= 11 is 0. The molecule has 0 aliphatic heterocycles. The lowest BCUT2D eigenvalue weighted by atomic mass is 10.0. The summed E-state index contributed by atoms with van der Waals surface area (Å²) in [5, 5.41) is 11.6. The molecule has 0 atom stereocenters. The van der Waals surface area contributed by atoms with Gasteiger partial charge in [0.15, 0.2) is 0 Å². The minimum atomic E-state index is 0.218. The molecule has 2 heteroatoms. The Kier molecular flexibility index (Phi) is 2.19. The molecular formula is C12H10O2. The average molecular weight is 186 g/mol. The fourth-order valence-electron chi connectivity index (χ4n) is 1.55. The van der Waals surface area contributed by atoms with E-state index in [1.54, 1.807) is 6.07 Å². The van der Waals surface area contributed by atoms with Crippen molar-refractivity contribution in [3.8, 4) is 5.75 Å². The zero-order valence-corrected chi connectivity index (χ0v) is 7.60. The Labute approximate surface area is 81.8 Å². The molecule has 0 saturated carbocycles. The number of rotatable bonds is 2.